The molecule has 0 spiro atoms. The Labute approximate surface area is 189 Å². The molecular weight excluding hydrogens is 464 g/mol. The number of carboxylic acids is 1. The van der Waals surface area contributed by atoms with Crippen molar-refractivity contribution in [2.75, 3.05) is 23.7 Å². The Morgan fingerprint density at radius 3 is 2.71 bits per heavy atom. The Balaban J connectivity index is 1.72. The molecular formula is C19H18N2O7S3-2. The summed E-state index contributed by atoms with van der Waals surface area (Å²) in [4.78, 5) is 26.1. The van der Waals surface area contributed by atoms with Gasteiger partial charge < -0.3 is 24.1 Å². The minimum atomic E-state index is -4.40. The SMILES string of the molecule is CC(/C=C1/SC(=S)N(CC(=O)[O-])C1=O)CC=C1Oc2ccccc2N1CCS(=O)(=O)[O-]. The normalized spacial score (nSPS) is 19.8. The fraction of sp³-hybridized carbons (Fsp3) is 0.316. The quantitative estimate of drug-likeness (QED) is 0.298. The highest BCUT2D eigenvalue weighted by atomic mass is 32.2. The highest BCUT2D eigenvalue weighted by molar-refractivity contribution is 8.26. The van der Waals surface area contributed by atoms with Crippen LogP contribution >= 0.6 is 24.0 Å². The molecule has 1 aromatic rings. The van der Waals surface area contributed by atoms with Gasteiger partial charge in [-0.3, -0.25) is 9.69 Å². The van der Waals surface area contributed by atoms with E-state index < -0.39 is 34.3 Å². The Morgan fingerprint density at radius 2 is 2.03 bits per heavy atom. The second kappa shape index (κ2) is 9.39. The smallest absolute Gasteiger partial charge is 0.266 e. The Hall–Kier alpha value is -2.41. The lowest BCUT2D eigenvalue weighted by molar-refractivity contribution is -0.305. The number of thioether (sulfide) groups is 1. The van der Waals surface area contributed by atoms with Gasteiger partial charge in [-0.25, -0.2) is 8.42 Å². The molecule has 0 N–H and O–H groups in total. The molecule has 2 heterocycles. The fourth-order valence-electron chi connectivity index (χ4n) is 3.03. The van der Waals surface area contributed by atoms with Crippen LogP contribution in [0.3, 0.4) is 0 Å². The summed E-state index contributed by atoms with van der Waals surface area (Å²) in [5.41, 5.74) is 0.660. The molecule has 0 radical (unpaired) electrons. The van der Waals surface area contributed by atoms with E-state index in [1.807, 2.05) is 6.92 Å². The number of amides is 1. The van der Waals surface area contributed by atoms with Crippen LogP contribution in [0.1, 0.15) is 13.3 Å². The van der Waals surface area contributed by atoms with Gasteiger partial charge in [0.2, 0.25) is 0 Å². The first kappa shape index (κ1) is 23.3. The molecule has 1 atom stereocenters. The van der Waals surface area contributed by atoms with Crippen LogP contribution in [0.25, 0.3) is 0 Å². The van der Waals surface area contributed by atoms with Crippen molar-refractivity contribution in [3.63, 3.8) is 0 Å². The molecule has 9 nitrogen and oxygen atoms in total. The first-order valence-electron chi connectivity index (χ1n) is 9.18. The number of hydrogen-bond acceptors (Lipinski definition) is 10. The first-order valence-corrected chi connectivity index (χ1v) is 12.0. The molecule has 0 aromatic heterocycles. The van der Waals surface area contributed by atoms with Crippen molar-refractivity contribution in [3.05, 3.63) is 47.2 Å². The topological polar surface area (TPSA) is 130 Å². The number of allylic oxidation sites excluding steroid dienone is 2. The molecule has 166 valence electrons. The zero-order valence-corrected chi connectivity index (χ0v) is 18.8. The van der Waals surface area contributed by atoms with E-state index in [4.69, 9.17) is 17.0 Å². The number of nitrogens with zero attached hydrogens (tertiary/aromatic N) is 2. The van der Waals surface area contributed by atoms with Crippen LogP contribution < -0.4 is 14.7 Å². The van der Waals surface area contributed by atoms with E-state index in [9.17, 15) is 27.7 Å². The van der Waals surface area contributed by atoms with Gasteiger partial charge in [0.25, 0.3) is 5.91 Å². The number of para-hydroxylation sites is 2. The van der Waals surface area contributed by atoms with Gasteiger partial charge in [-0.2, -0.15) is 0 Å². The fourth-order valence-corrected chi connectivity index (χ4v) is 4.80. The summed E-state index contributed by atoms with van der Waals surface area (Å²) in [7, 11) is -4.40. The second-order valence-electron chi connectivity index (χ2n) is 6.90. The highest BCUT2D eigenvalue weighted by Gasteiger charge is 2.32. The van der Waals surface area contributed by atoms with Crippen LogP contribution in [-0.2, 0) is 19.7 Å². The number of hydrogen-bond donors (Lipinski definition) is 0. The largest absolute Gasteiger partial charge is 0.748 e. The highest BCUT2D eigenvalue weighted by Crippen LogP contribution is 2.39. The maximum atomic E-state index is 12.4. The molecule has 31 heavy (non-hydrogen) atoms. The lowest BCUT2D eigenvalue weighted by Crippen LogP contribution is -2.40. The van der Waals surface area contributed by atoms with Crippen molar-refractivity contribution in [3.8, 4) is 5.75 Å². The molecule has 1 fully saturated rings. The number of fused-ring (bicyclic) bond motifs is 1. The monoisotopic (exact) mass is 482 g/mol. The summed E-state index contributed by atoms with van der Waals surface area (Å²) in [6, 6.07) is 7.06. The van der Waals surface area contributed by atoms with E-state index in [-0.39, 0.29) is 16.8 Å². The number of anilines is 1. The lowest BCUT2D eigenvalue weighted by Gasteiger charge is -2.19. The Morgan fingerprint density at radius 1 is 1.32 bits per heavy atom. The van der Waals surface area contributed by atoms with E-state index in [0.29, 0.717) is 28.6 Å². The van der Waals surface area contributed by atoms with Crippen molar-refractivity contribution in [2.45, 2.75) is 13.3 Å². The number of aliphatic carboxylic acids is 1. The maximum Gasteiger partial charge on any atom is 0.266 e. The minimum absolute atomic E-state index is 0.0507. The molecule has 2 aliphatic rings. The van der Waals surface area contributed by atoms with Crippen molar-refractivity contribution < 1.29 is 32.4 Å². The predicted molar refractivity (Wildman–Crippen MR) is 116 cm³/mol. The molecule has 0 bridgehead atoms. The van der Waals surface area contributed by atoms with Gasteiger partial charge in [-0.1, -0.05) is 49.1 Å². The average molecular weight is 483 g/mol. The van der Waals surface area contributed by atoms with Gasteiger partial charge in [0, 0.05) is 6.54 Å². The van der Waals surface area contributed by atoms with Crippen LogP contribution in [0.2, 0.25) is 0 Å². The summed E-state index contributed by atoms with van der Waals surface area (Å²) in [6.45, 7) is 1.21. The van der Waals surface area contributed by atoms with E-state index in [2.05, 4.69) is 0 Å². The maximum absolute atomic E-state index is 12.4. The van der Waals surface area contributed by atoms with E-state index in [1.54, 1.807) is 41.3 Å². The van der Waals surface area contributed by atoms with Crippen molar-refractivity contribution in [1.82, 2.24) is 4.90 Å². The van der Waals surface area contributed by atoms with Gasteiger partial charge in [-0.15, -0.1) is 0 Å². The average Bonchev–Trinajstić information content (AvgIpc) is 3.16. The number of carboxylic acid groups (broad SMARTS) is 1. The molecule has 1 aromatic carbocycles. The number of carbonyl (C=O) groups is 2. The zero-order chi connectivity index (χ0) is 22.8. The third-order valence-electron chi connectivity index (χ3n) is 4.46. The first-order chi connectivity index (χ1) is 14.5. The van der Waals surface area contributed by atoms with Crippen molar-refractivity contribution >= 4 is 56.0 Å². The molecule has 0 aliphatic carbocycles. The van der Waals surface area contributed by atoms with Gasteiger partial charge in [0.1, 0.15) is 4.32 Å². The Kier molecular flexibility index (Phi) is 7.04. The summed E-state index contributed by atoms with van der Waals surface area (Å²) >= 11 is 6.08. The molecule has 1 unspecified atom stereocenters. The number of carbonyl (C=O) groups excluding carboxylic acids is 2. The number of ether oxygens (including phenoxy) is 1. The summed E-state index contributed by atoms with van der Waals surface area (Å²) in [5.74, 6) is -1.64. The second-order valence-corrected chi connectivity index (χ2v) is 10.1. The number of benzene rings is 1. The molecule has 2 aliphatic heterocycles. The van der Waals surface area contributed by atoms with Crippen molar-refractivity contribution in [2.24, 2.45) is 5.92 Å². The van der Waals surface area contributed by atoms with Crippen LogP contribution in [0.4, 0.5) is 5.69 Å². The number of thiocarbonyl (C=S) groups is 1. The van der Waals surface area contributed by atoms with Crippen LogP contribution in [0.5, 0.6) is 5.75 Å². The summed E-state index contributed by atoms with van der Waals surface area (Å²) in [6.07, 6.45) is 3.88. The molecule has 1 amide bonds. The summed E-state index contributed by atoms with van der Waals surface area (Å²) < 4.78 is 39.2. The predicted octanol–water partition coefficient (Wildman–Crippen LogP) is 0.792. The van der Waals surface area contributed by atoms with Crippen LogP contribution in [0, 0.1) is 5.92 Å². The third-order valence-corrected chi connectivity index (χ3v) is 6.54. The van der Waals surface area contributed by atoms with E-state index in [1.165, 1.54) is 0 Å². The Bertz CT molecular complexity index is 1080. The van der Waals surface area contributed by atoms with Gasteiger partial charge >= 0.3 is 0 Å². The summed E-state index contributed by atoms with van der Waals surface area (Å²) in [5, 5.41) is 10.8. The molecule has 3 rings (SSSR count). The molecule has 1 saturated heterocycles. The van der Waals surface area contributed by atoms with E-state index in [0.717, 1.165) is 16.7 Å². The lowest BCUT2D eigenvalue weighted by atomic mass is 10.1. The molecule has 0 saturated carbocycles. The third kappa shape index (κ3) is 5.85. The zero-order valence-electron chi connectivity index (χ0n) is 16.3. The van der Waals surface area contributed by atoms with Crippen LogP contribution in [-0.4, -0.2) is 52.9 Å². The standard InChI is InChI=1S/C19H20N2O7S3/c1-12(10-15-18(24)21(11-17(22)23)19(29)30-15)6-7-16-20(8-9-31(25,26)27)13-4-2-3-5-14(13)28-16/h2-5,7,10,12H,6,8-9,11H2,1H3,(H,22,23)(H,25,26,27)/p-2/b15-10+,16-7?. The van der Waals surface area contributed by atoms with Crippen LogP contribution in [0.15, 0.2) is 47.2 Å². The van der Waals surface area contributed by atoms with Gasteiger partial charge in [0.05, 0.1) is 39.0 Å². The van der Waals surface area contributed by atoms with Crippen molar-refractivity contribution in [1.29, 1.82) is 0 Å². The number of rotatable bonds is 8. The van der Waals surface area contributed by atoms with Gasteiger partial charge in [-0.05, 0) is 30.5 Å². The van der Waals surface area contributed by atoms with E-state index >= 15 is 0 Å². The van der Waals surface area contributed by atoms with Gasteiger partial charge in [0.15, 0.2) is 11.6 Å². The minimum Gasteiger partial charge on any atom is -0.748 e. The molecule has 12 heteroatoms.